The maximum absolute atomic E-state index is 11.8. The molecular weight excluding hydrogens is 248 g/mol. The van der Waals surface area contributed by atoms with Crippen LogP contribution in [-0.4, -0.2) is 45.8 Å². The molecule has 0 aliphatic rings. The van der Waals surface area contributed by atoms with Gasteiger partial charge in [0.05, 0.1) is 19.3 Å². The van der Waals surface area contributed by atoms with Gasteiger partial charge in [0, 0.05) is 13.2 Å². The summed E-state index contributed by atoms with van der Waals surface area (Å²) in [6.07, 6.45) is 7.38. The van der Waals surface area contributed by atoms with Crippen molar-refractivity contribution in [3.63, 3.8) is 0 Å². The zero-order valence-electron chi connectivity index (χ0n) is 10.9. The van der Waals surface area contributed by atoms with Crippen LogP contribution < -0.4 is 5.32 Å². The van der Waals surface area contributed by atoms with E-state index in [2.05, 4.69) is 21.5 Å². The van der Waals surface area contributed by atoms with Gasteiger partial charge in [-0.15, -0.1) is 11.5 Å². The second-order valence-electron chi connectivity index (χ2n) is 3.75. The first-order valence-electron chi connectivity index (χ1n) is 6.07. The van der Waals surface area contributed by atoms with Crippen molar-refractivity contribution in [3.05, 3.63) is 11.9 Å². The minimum atomic E-state index is -0.723. The highest BCUT2D eigenvalue weighted by molar-refractivity contribution is 5.76. The number of aliphatic hydroxyl groups excluding tert-OH is 1. The fraction of sp³-hybridized carbons (Fsp3) is 0.583. The van der Waals surface area contributed by atoms with Gasteiger partial charge in [-0.2, -0.15) is 0 Å². The lowest BCUT2D eigenvalue weighted by atomic mass is 10.2. The van der Waals surface area contributed by atoms with E-state index in [1.54, 1.807) is 17.8 Å². The molecule has 19 heavy (non-hydrogen) atoms. The summed E-state index contributed by atoms with van der Waals surface area (Å²) in [6, 6.07) is -0.723. The molecule has 0 radical (unpaired) electrons. The van der Waals surface area contributed by atoms with Crippen molar-refractivity contribution in [2.75, 3.05) is 19.8 Å². The van der Waals surface area contributed by atoms with Crippen molar-refractivity contribution in [2.24, 2.45) is 0 Å². The van der Waals surface area contributed by atoms with Crippen LogP contribution in [0.25, 0.3) is 0 Å². The molecule has 2 N–H and O–H groups in total. The highest BCUT2D eigenvalue weighted by Gasteiger charge is 2.24. The number of nitrogens with one attached hydrogen (secondary N) is 1. The van der Waals surface area contributed by atoms with Crippen molar-refractivity contribution in [3.8, 4) is 12.3 Å². The van der Waals surface area contributed by atoms with Crippen LogP contribution in [0.5, 0.6) is 0 Å². The largest absolute Gasteiger partial charge is 0.465 e. The molecule has 0 saturated carbocycles. The number of carbonyl (C=O) groups is 1. The Labute approximate surface area is 111 Å². The molecule has 0 amide bonds. The second kappa shape index (κ2) is 8.24. The van der Waals surface area contributed by atoms with Crippen LogP contribution in [0.3, 0.4) is 0 Å². The van der Waals surface area contributed by atoms with E-state index in [1.165, 1.54) is 0 Å². The van der Waals surface area contributed by atoms with Crippen LogP contribution in [0.15, 0.2) is 6.20 Å². The number of carbonyl (C=O) groups excluding carboxylic acids is 1. The molecule has 0 aliphatic carbocycles. The molecule has 0 spiro atoms. The third-order valence-corrected chi connectivity index (χ3v) is 2.33. The number of nitrogens with zero attached hydrogens (tertiary/aromatic N) is 3. The summed E-state index contributed by atoms with van der Waals surface area (Å²) in [6.45, 7) is 2.85. The van der Waals surface area contributed by atoms with Gasteiger partial charge in [-0.25, -0.2) is 4.79 Å². The van der Waals surface area contributed by atoms with E-state index >= 15 is 0 Å². The van der Waals surface area contributed by atoms with Gasteiger partial charge in [0.15, 0.2) is 6.04 Å². The Morgan fingerprint density at radius 1 is 1.74 bits per heavy atom. The molecule has 1 heterocycles. The monoisotopic (exact) mass is 266 g/mol. The molecule has 1 aromatic rings. The topological polar surface area (TPSA) is 89.3 Å². The Hall–Kier alpha value is -1.91. The minimum absolute atomic E-state index is 0.0752. The van der Waals surface area contributed by atoms with E-state index in [0.29, 0.717) is 18.7 Å². The van der Waals surface area contributed by atoms with Crippen molar-refractivity contribution in [1.29, 1.82) is 0 Å². The average molecular weight is 266 g/mol. The lowest BCUT2D eigenvalue weighted by molar-refractivity contribution is -0.145. The summed E-state index contributed by atoms with van der Waals surface area (Å²) in [7, 11) is 0. The van der Waals surface area contributed by atoms with Gasteiger partial charge < -0.3 is 9.84 Å². The molecule has 0 aliphatic heterocycles. The number of rotatable bonds is 8. The van der Waals surface area contributed by atoms with Gasteiger partial charge in [0.25, 0.3) is 0 Å². The highest BCUT2D eigenvalue weighted by atomic mass is 16.5. The zero-order valence-corrected chi connectivity index (χ0v) is 10.9. The average Bonchev–Trinajstić information content (AvgIpc) is 2.86. The number of hydrogen-bond donors (Lipinski definition) is 2. The van der Waals surface area contributed by atoms with Crippen molar-refractivity contribution >= 4 is 5.97 Å². The molecule has 0 bridgehead atoms. The van der Waals surface area contributed by atoms with Gasteiger partial charge in [-0.1, -0.05) is 11.1 Å². The fourth-order valence-electron chi connectivity index (χ4n) is 1.48. The van der Waals surface area contributed by atoms with Crippen LogP contribution in [0.1, 0.15) is 25.1 Å². The van der Waals surface area contributed by atoms with Gasteiger partial charge in [-0.05, 0) is 13.3 Å². The number of terminal acetylenes is 1. The van der Waals surface area contributed by atoms with Crippen molar-refractivity contribution < 1.29 is 14.6 Å². The molecule has 1 aromatic heterocycles. The molecule has 1 rings (SSSR count). The number of hydrogen-bond acceptors (Lipinski definition) is 6. The van der Waals surface area contributed by atoms with Crippen LogP contribution >= 0.6 is 0 Å². The minimum Gasteiger partial charge on any atom is -0.465 e. The Balaban J connectivity index is 2.75. The Morgan fingerprint density at radius 2 is 2.53 bits per heavy atom. The van der Waals surface area contributed by atoms with E-state index < -0.39 is 12.0 Å². The summed E-state index contributed by atoms with van der Waals surface area (Å²) in [5.41, 5.74) is 0.451. The number of aliphatic hydroxyl groups is 1. The van der Waals surface area contributed by atoms with Gasteiger partial charge in [-0.3, -0.25) is 10.00 Å². The van der Waals surface area contributed by atoms with Gasteiger partial charge in [0.1, 0.15) is 5.69 Å². The SMILES string of the molecule is C#CCNC(C(=O)OCC)c1cn(CCCO)nn1. The Kier molecular flexibility index (Phi) is 6.57. The predicted molar refractivity (Wildman–Crippen MR) is 67.9 cm³/mol. The summed E-state index contributed by atoms with van der Waals surface area (Å²) >= 11 is 0. The third kappa shape index (κ3) is 4.69. The predicted octanol–water partition coefficient (Wildman–Crippen LogP) is -0.512. The molecule has 0 aromatic carbocycles. The standard InChI is InChI=1S/C12H18N4O3/c1-3-6-13-11(12(18)19-4-2)10-9-16(15-14-10)7-5-8-17/h1,9,11,13,17H,4-8H2,2H3. The van der Waals surface area contributed by atoms with Crippen molar-refractivity contribution in [2.45, 2.75) is 25.9 Å². The molecule has 1 atom stereocenters. The Morgan fingerprint density at radius 3 is 3.16 bits per heavy atom. The molecule has 0 saturated heterocycles. The number of aromatic nitrogens is 3. The number of esters is 1. The normalized spacial score (nSPS) is 11.8. The molecule has 1 unspecified atom stereocenters. The van der Waals surface area contributed by atoms with E-state index in [4.69, 9.17) is 16.3 Å². The summed E-state index contributed by atoms with van der Waals surface area (Å²) in [4.78, 5) is 11.8. The molecule has 7 heteroatoms. The summed E-state index contributed by atoms with van der Waals surface area (Å²) < 4.78 is 6.52. The van der Waals surface area contributed by atoms with Crippen LogP contribution in [0.4, 0.5) is 0 Å². The van der Waals surface area contributed by atoms with E-state index in [0.717, 1.165) is 0 Å². The molecular formula is C12H18N4O3. The number of aryl methyl sites for hydroxylation is 1. The van der Waals surface area contributed by atoms with Crippen molar-refractivity contribution in [1.82, 2.24) is 20.3 Å². The quantitative estimate of drug-likeness (QED) is 0.486. The van der Waals surface area contributed by atoms with Gasteiger partial charge >= 0.3 is 5.97 Å². The lowest BCUT2D eigenvalue weighted by Gasteiger charge is -2.12. The first-order valence-corrected chi connectivity index (χ1v) is 6.07. The van der Waals surface area contributed by atoms with Gasteiger partial charge in [0.2, 0.25) is 0 Å². The fourth-order valence-corrected chi connectivity index (χ4v) is 1.48. The molecule has 7 nitrogen and oxygen atoms in total. The van der Waals surface area contributed by atoms with E-state index in [-0.39, 0.29) is 19.8 Å². The second-order valence-corrected chi connectivity index (χ2v) is 3.75. The summed E-state index contributed by atoms with van der Waals surface area (Å²) in [5.74, 6) is 1.96. The van der Waals surface area contributed by atoms with Crippen LogP contribution in [-0.2, 0) is 16.1 Å². The summed E-state index contributed by atoms with van der Waals surface area (Å²) in [5, 5.41) is 19.4. The van der Waals surface area contributed by atoms with Crippen LogP contribution in [0, 0.1) is 12.3 Å². The number of ether oxygens (including phenoxy) is 1. The zero-order chi connectivity index (χ0) is 14.1. The van der Waals surface area contributed by atoms with E-state index in [9.17, 15) is 4.79 Å². The third-order valence-electron chi connectivity index (χ3n) is 2.33. The Bertz CT molecular complexity index is 438. The van der Waals surface area contributed by atoms with E-state index in [1.807, 2.05) is 0 Å². The maximum atomic E-state index is 11.8. The van der Waals surface area contributed by atoms with Crippen LogP contribution in [0.2, 0.25) is 0 Å². The molecule has 0 fully saturated rings. The maximum Gasteiger partial charge on any atom is 0.329 e. The molecule has 104 valence electrons. The first kappa shape index (κ1) is 15.1. The first-order chi connectivity index (χ1) is 9.22. The smallest absolute Gasteiger partial charge is 0.329 e. The lowest BCUT2D eigenvalue weighted by Crippen LogP contribution is -2.30. The highest BCUT2D eigenvalue weighted by Crippen LogP contribution is 2.11.